The zero-order valence-electron chi connectivity index (χ0n) is 21.4. The van der Waals surface area contributed by atoms with E-state index in [2.05, 4.69) is 4.98 Å². The van der Waals surface area contributed by atoms with Gasteiger partial charge in [0.15, 0.2) is 17.2 Å². The molecule has 202 valence electrons. The lowest BCUT2D eigenvalue weighted by atomic mass is 10.0. The average Bonchev–Trinajstić information content (AvgIpc) is 2.81. The van der Waals surface area contributed by atoms with Gasteiger partial charge in [-0.05, 0) is 31.0 Å². The van der Waals surface area contributed by atoms with Crippen LogP contribution in [0.4, 0.5) is 13.2 Å². The molecule has 1 aromatic carbocycles. The van der Waals surface area contributed by atoms with Crippen LogP contribution in [0.1, 0.15) is 57.1 Å². The third kappa shape index (κ3) is 8.19. The number of methoxy groups -OCH3 is 1. The first-order chi connectivity index (χ1) is 17.2. The number of halogens is 3. The minimum absolute atomic E-state index is 0.0123. The standard InChI is InChI=1S/C26H30F3NO7/c1-14(2)23(37-19-9-7-8-18(13-19)26(27,28)29)16(4)35-25(33)15(3)12-20(32)22-24(36-17(5)31)21(34-6)10-11-30-22/h7-11,13-16,23H,12H2,1-6H3/t15-,16+,23+/m1/s1. The van der Waals surface area contributed by atoms with Crippen molar-refractivity contribution < 1.29 is 46.5 Å². The Labute approximate surface area is 213 Å². The number of rotatable bonds is 11. The van der Waals surface area contributed by atoms with Crippen LogP contribution in [0.2, 0.25) is 0 Å². The van der Waals surface area contributed by atoms with E-state index in [0.29, 0.717) is 0 Å². The summed E-state index contributed by atoms with van der Waals surface area (Å²) in [5.74, 6) is -3.13. The molecule has 37 heavy (non-hydrogen) atoms. The Balaban J connectivity index is 2.11. The summed E-state index contributed by atoms with van der Waals surface area (Å²) in [5, 5.41) is 0. The number of hydrogen-bond acceptors (Lipinski definition) is 8. The molecule has 8 nitrogen and oxygen atoms in total. The maximum atomic E-state index is 13.1. The van der Waals surface area contributed by atoms with E-state index in [9.17, 15) is 27.6 Å². The number of benzene rings is 1. The van der Waals surface area contributed by atoms with Gasteiger partial charge in [-0.2, -0.15) is 13.2 Å². The Kier molecular flexibility index (Phi) is 10.0. The number of carbonyl (C=O) groups is 3. The van der Waals surface area contributed by atoms with Gasteiger partial charge in [0.2, 0.25) is 5.75 Å². The van der Waals surface area contributed by atoms with Crippen LogP contribution in [-0.2, 0) is 20.5 Å². The number of ketones is 1. The summed E-state index contributed by atoms with van der Waals surface area (Å²) in [5.41, 5.74) is -1.03. The predicted molar refractivity (Wildman–Crippen MR) is 126 cm³/mol. The summed E-state index contributed by atoms with van der Waals surface area (Å²) < 4.78 is 60.6. The van der Waals surface area contributed by atoms with Crippen LogP contribution in [0, 0.1) is 11.8 Å². The highest BCUT2D eigenvalue weighted by Gasteiger charge is 2.33. The summed E-state index contributed by atoms with van der Waals surface area (Å²) >= 11 is 0. The molecule has 0 spiro atoms. The first-order valence-electron chi connectivity index (χ1n) is 11.5. The molecule has 2 rings (SSSR count). The van der Waals surface area contributed by atoms with E-state index in [0.717, 1.165) is 19.1 Å². The van der Waals surface area contributed by atoms with Crippen molar-refractivity contribution in [3.8, 4) is 17.2 Å². The van der Waals surface area contributed by atoms with Crippen LogP contribution >= 0.6 is 0 Å². The van der Waals surface area contributed by atoms with Gasteiger partial charge in [0, 0.05) is 25.6 Å². The van der Waals surface area contributed by atoms with Gasteiger partial charge in [0.25, 0.3) is 0 Å². The molecular formula is C26H30F3NO7. The topological polar surface area (TPSA) is 101 Å². The van der Waals surface area contributed by atoms with Crippen molar-refractivity contribution in [1.29, 1.82) is 0 Å². The second-order valence-electron chi connectivity index (χ2n) is 8.81. The highest BCUT2D eigenvalue weighted by Crippen LogP contribution is 2.33. The van der Waals surface area contributed by atoms with Gasteiger partial charge in [-0.1, -0.05) is 26.8 Å². The van der Waals surface area contributed by atoms with E-state index in [4.69, 9.17) is 18.9 Å². The number of pyridine rings is 1. The fourth-order valence-electron chi connectivity index (χ4n) is 3.53. The zero-order valence-corrected chi connectivity index (χ0v) is 21.4. The minimum Gasteiger partial charge on any atom is -0.493 e. The number of hydrogen-bond donors (Lipinski definition) is 0. The smallest absolute Gasteiger partial charge is 0.416 e. The zero-order chi connectivity index (χ0) is 27.9. The molecule has 2 aromatic rings. The van der Waals surface area contributed by atoms with E-state index >= 15 is 0 Å². The molecule has 11 heteroatoms. The Hall–Kier alpha value is -3.63. The molecule has 0 aliphatic heterocycles. The second-order valence-corrected chi connectivity index (χ2v) is 8.81. The third-order valence-electron chi connectivity index (χ3n) is 5.35. The fraction of sp³-hybridized carbons (Fsp3) is 0.462. The normalized spacial score (nSPS) is 13.9. The van der Waals surface area contributed by atoms with Gasteiger partial charge in [-0.15, -0.1) is 0 Å². The van der Waals surface area contributed by atoms with E-state index in [1.807, 2.05) is 0 Å². The molecule has 0 aliphatic carbocycles. The van der Waals surface area contributed by atoms with Crippen molar-refractivity contribution in [2.45, 2.75) is 59.4 Å². The van der Waals surface area contributed by atoms with Gasteiger partial charge >= 0.3 is 18.1 Å². The molecule has 0 saturated carbocycles. The van der Waals surface area contributed by atoms with Gasteiger partial charge in [-0.25, -0.2) is 4.98 Å². The van der Waals surface area contributed by atoms with Gasteiger partial charge in [0.1, 0.15) is 18.0 Å². The van der Waals surface area contributed by atoms with Crippen LogP contribution < -0.4 is 14.2 Å². The quantitative estimate of drug-likeness (QED) is 0.289. The molecule has 3 atom stereocenters. The molecule has 0 radical (unpaired) electrons. The first kappa shape index (κ1) is 29.6. The Morgan fingerprint density at radius 3 is 2.30 bits per heavy atom. The molecule has 0 N–H and O–H groups in total. The molecule has 0 amide bonds. The lowest BCUT2D eigenvalue weighted by Crippen LogP contribution is -2.39. The van der Waals surface area contributed by atoms with Crippen LogP contribution in [0.25, 0.3) is 0 Å². The number of Topliss-reactive ketones (excluding diaryl/α,β-unsaturated/α-hetero) is 1. The van der Waals surface area contributed by atoms with Crippen molar-refractivity contribution in [2.24, 2.45) is 11.8 Å². The van der Waals surface area contributed by atoms with Crippen molar-refractivity contribution >= 4 is 17.7 Å². The van der Waals surface area contributed by atoms with Gasteiger partial charge in [-0.3, -0.25) is 14.4 Å². The second kappa shape index (κ2) is 12.6. The highest BCUT2D eigenvalue weighted by atomic mass is 19.4. The predicted octanol–water partition coefficient (Wildman–Crippen LogP) is 5.28. The molecule has 0 saturated heterocycles. The molecule has 0 bridgehead atoms. The maximum absolute atomic E-state index is 13.1. The molecule has 0 aliphatic rings. The van der Waals surface area contributed by atoms with Gasteiger partial charge < -0.3 is 18.9 Å². The van der Waals surface area contributed by atoms with Crippen molar-refractivity contribution in [3.05, 3.63) is 47.8 Å². The van der Waals surface area contributed by atoms with E-state index in [1.165, 1.54) is 38.4 Å². The lowest BCUT2D eigenvalue weighted by molar-refractivity contribution is -0.158. The largest absolute Gasteiger partial charge is 0.493 e. The Morgan fingerprint density at radius 2 is 1.73 bits per heavy atom. The van der Waals surface area contributed by atoms with E-state index < -0.39 is 47.6 Å². The lowest BCUT2D eigenvalue weighted by Gasteiger charge is -2.29. The van der Waals surface area contributed by atoms with Crippen LogP contribution in [0.15, 0.2) is 36.5 Å². The molecule has 0 fully saturated rings. The molecule has 1 heterocycles. The Bertz CT molecular complexity index is 1120. The van der Waals surface area contributed by atoms with E-state index in [1.54, 1.807) is 20.8 Å². The maximum Gasteiger partial charge on any atom is 0.416 e. The molecule has 0 unspecified atom stereocenters. The van der Waals surface area contributed by atoms with Gasteiger partial charge in [0.05, 0.1) is 18.6 Å². The number of ether oxygens (including phenoxy) is 4. The summed E-state index contributed by atoms with van der Waals surface area (Å²) in [4.78, 5) is 41.1. The number of esters is 2. The minimum atomic E-state index is -4.53. The SMILES string of the molecule is COc1ccnc(C(=O)C[C@@H](C)C(=O)O[C@@H](C)[C@@H](Oc2cccc(C(F)(F)F)c2)C(C)C)c1OC(C)=O. The van der Waals surface area contributed by atoms with Crippen molar-refractivity contribution in [2.75, 3.05) is 7.11 Å². The third-order valence-corrected chi connectivity index (χ3v) is 5.35. The highest BCUT2D eigenvalue weighted by molar-refractivity contribution is 5.99. The summed E-state index contributed by atoms with van der Waals surface area (Å²) in [6, 6.07) is 5.86. The molecular weight excluding hydrogens is 495 g/mol. The average molecular weight is 526 g/mol. The van der Waals surface area contributed by atoms with Crippen LogP contribution in [-0.4, -0.2) is 42.0 Å². The van der Waals surface area contributed by atoms with Crippen LogP contribution in [0.3, 0.4) is 0 Å². The number of nitrogens with zero attached hydrogens (tertiary/aromatic N) is 1. The summed E-state index contributed by atoms with van der Waals surface area (Å²) in [6.45, 7) is 7.76. The van der Waals surface area contributed by atoms with Crippen LogP contribution in [0.5, 0.6) is 17.2 Å². The first-order valence-corrected chi connectivity index (χ1v) is 11.5. The van der Waals surface area contributed by atoms with Crippen molar-refractivity contribution in [3.63, 3.8) is 0 Å². The monoisotopic (exact) mass is 525 g/mol. The van der Waals surface area contributed by atoms with Crippen molar-refractivity contribution in [1.82, 2.24) is 4.98 Å². The Morgan fingerprint density at radius 1 is 1.05 bits per heavy atom. The summed E-state index contributed by atoms with van der Waals surface area (Å²) in [6.07, 6.45) is -5.12. The fourth-order valence-corrected chi connectivity index (χ4v) is 3.53. The summed E-state index contributed by atoms with van der Waals surface area (Å²) in [7, 11) is 1.34. The number of alkyl halides is 3. The number of carbonyl (C=O) groups excluding carboxylic acids is 3. The molecule has 1 aromatic heterocycles. The van der Waals surface area contributed by atoms with E-state index in [-0.39, 0.29) is 35.3 Å². The number of aromatic nitrogens is 1.